The number of nitrogens with one attached hydrogen (secondary N) is 1. The van der Waals surface area contributed by atoms with Gasteiger partial charge in [-0.2, -0.15) is 0 Å². The molecule has 4 amide bonds. The van der Waals surface area contributed by atoms with Gasteiger partial charge in [0.05, 0.1) is 17.7 Å². The molecule has 0 aromatic heterocycles. The third-order valence-corrected chi connectivity index (χ3v) is 6.55. The fourth-order valence-electron chi connectivity index (χ4n) is 4.60. The summed E-state index contributed by atoms with van der Waals surface area (Å²) < 4.78 is 0. The minimum absolute atomic E-state index is 0.00230. The fraction of sp³-hybridized carbons (Fsp3) is 0.214. The molecule has 3 aromatic carbocycles. The Hall–Kier alpha value is -4.26. The van der Waals surface area contributed by atoms with Gasteiger partial charge in [0, 0.05) is 30.3 Å². The van der Waals surface area contributed by atoms with Gasteiger partial charge in [0.15, 0.2) is 0 Å². The van der Waals surface area contributed by atoms with Gasteiger partial charge >= 0.3 is 0 Å². The fourth-order valence-corrected chi connectivity index (χ4v) is 4.60. The Morgan fingerprint density at radius 2 is 1.40 bits per heavy atom. The minimum atomic E-state index is -0.383. The van der Waals surface area contributed by atoms with Crippen molar-refractivity contribution in [2.45, 2.75) is 25.4 Å². The van der Waals surface area contributed by atoms with E-state index < -0.39 is 0 Å². The van der Waals surface area contributed by atoms with Gasteiger partial charge in [-0.05, 0) is 48.7 Å². The molecule has 2 aliphatic heterocycles. The number of carbonyl (C=O) groups is 4. The number of likely N-dealkylation sites (tertiary alicyclic amines) is 1. The van der Waals surface area contributed by atoms with Crippen LogP contribution >= 0.6 is 0 Å². The quantitative estimate of drug-likeness (QED) is 0.582. The molecule has 0 aliphatic carbocycles. The number of hydrogen-bond acceptors (Lipinski definition) is 4. The van der Waals surface area contributed by atoms with E-state index in [9.17, 15) is 19.2 Å². The summed E-state index contributed by atoms with van der Waals surface area (Å²) in [5, 5.41) is 3.04. The van der Waals surface area contributed by atoms with Gasteiger partial charge in [-0.1, -0.05) is 48.5 Å². The van der Waals surface area contributed by atoms with Gasteiger partial charge < -0.3 is 10.2 Å². The Morgan fingerprint density at radius 1 is 0.771 bits per heavy atom. The van der Waals surface area contributed by atoms with Gasteiger partial charge in [-0.15, -0.1) is 0 Å². The maximum Gasteiger partial charge on any atom is 0.261 e. The van der Waals surface area contributed by atoms with E-state index in [2.05, 4.69) is 5.32 Å². The van der Waals surface area contributed by atoms with Gasteiger partial charge in [-0.3, -0.25) is 24.1 Å². The molecule has 0 unspecified atom stereocenters. The van der Waals surface area contributed by atoms with Crippen molar-refractivity contribution < 1.29 is 19.2 Å². The second-order valence-electron chi connectivity index (χ2n) is 8.85. The van der Waals surface area contributed by atoms with Gasteiger partial charge in [0.25, 0.3) is 23.6 Å². The van der Waals surface area contributed by atoms with Crippen molar-refractivity contribution >= 4 is 23.6 Å². The first-order chi connectivity index (χ1) is 17.0. The predicted molar refractivity (Wildman–Crippen MR) is 130 cm³/mol. The maximum atomic E-state index is 13.1. The van der Waals surface area contributed by atoms with E-state index in [-0.39, 0.29) is 41.8 Å². The molecule has 0 spiro atoms. The van der Waals surface area contributed by atoms with Crippen LogP contribution in [0.5, 0.6) is 0 Å². The monoisotopic (exact) mass is 467 g/mol. The molecule has 176 valence electrons. The van der Waals surface area contributed by atoms with Crippen LogP contribution in [-0.2, 0) is 6.54 Å². The summed E-state index contributed by atoms with van der Waals surface area (Å²) in [6.07, 6.45) is 1.30. The van der Waals surface area contributed by atoms with Crippen LogP contribution in [0, 0.1) is 0 Å². The zero-order valence-electron chi connectivity index (χ0n) is 19.1. The maximum absolute atomic E-state index is 13.1. The van der Waals surface area contributed by atoms with Crippen LogP contribution in [-0.4, -0.2) is 52.6 Å². The van der Waals surface area contributed by atoms with E-state index in [0.717, 1.165) is 5.56 Å². The zero-order chi connectivity index (χ0) is 24.4. The molecule has 0 atom stereocenters. The molecular formula is C28H25N3O4. The standard InChI is InChI=1S/C28H25N3O4/c32-25(20-9-5-2-6-10-20)29-22-13-15-30(16-14-22)26(33)21-11-12-23-24(17-21)28(35)31(27(23)34)18-19-7-3-1-4-8-19/h1-12,17,22H,13-16,18H2,(H,29,32). The van der Waals surface area contributed by atoms with Crippen LogP contribution in [0.2, 0.25) is 0 Å². The van der Waals surface area contributed by atoms with Gasteiger partial charge in [-0.25, -0.2) is 0 Å². The number of carbonyl (C=O) groups excluding carboxylic acids is 4. The molecule has 1 saturated heterocycles. The molecule has 0 saturated carbocycles. The molecule has 35 heavy (non-hydrogen) atoms. The lowest BCUT2D eigenvalue weighted by molar-refractivity contribution is 0.0640. The lowest BCUT2D eigenvalue weighted by Crippen LogP contribution is -2.46. The highest BCUT2D eigenvalue weighted by Crippen LogP contribution is 2.26. The topological polar surface area (TPSA) is 86.8 Å². The van der Waals surface area contributed by atoms with Crippen LogP contribution in [0.25, 0.3) is 0 Å². The second-order valence-corrected chi connectivity index (χ2v) is 8.85. The van der Waals surface area contributed by atoms with Crippen LogP contribution < -0.4 is 5.32 Å². The highest BCUT2D eigenvalue weighted by molar-refractivity contribution is 6.22. The van der Waals surface area contributed by atoms with Crippen molar-refractivity contribution in [3.05, 3.63) is 107 Å². The van der Waals surface area contributed by atoms with Crippen molar-refractivity contribution in [2.24, 2.45) is 0 Å². The second kappa shape index (κ2) is 9.54. The Labute approximate surface area is 203 Å². The molecule has 3 aromatic rings. The minimum Gasteiger partial charge on any atom is -0.349 e. The normalized spacial score (nSPS) is 15.8. The lowest BCUT2D eigenvalue weighted by Gasteiger charge is -2.32. The summed E-state index contributed by atoms with van der Waals surface area (Å²) in [5.74, 6) is -1.02. The Morgan fingerprint density at radius 3 is 2.09 bits per heavy atom. The molecule has 5 rings (SSSR count). The van der Waals surface area contributed by atoms with Crippen LogP contribution in [0.15, 0.2) is 78.9 Å². The number of rotatable bonds is 5. The number of piperidine rings is 1. The van der Waals surface area contributed by atoms with Crippen molar-refractivity contribution in [2.75, 3.05) is 13.1 Å². The molecule has 1 N–H and O–H groups in total. The number of hydrogen-bond donors (Lipinski definition) is 1. The van der Waals surface area contributed by atoms with E-state index >= 15 is 0 Å². The Bertz CT molecular complexity index is 1280. The van der Waals surface area contributed by atoms with Crippen molar-refractivity contribution in [1.82, 2.24) is 15.1 Å². The zero-order valence-corrected chi connectivity index (χ0v) is 19.1. The van der Waals surface area contributed by atoms with Crippen LogP contribution in [0.4, 0.5) is 0 Å². The van der Waals surface area contributed by atoms with E-state index in [0.29, 0.717) is 42.6 Å². The largest absolute Gasteiger partial charge is 0.349 e. The molecule has 1 fully saturated rings. The molecule has 2 heterocycles. The van der Waals surface area contributed by atoms with Crippen molar-refractivity contribution in [3.63, 3.8) is 0 Å². The average molecular weight is 468 g/mol. The highest BCUT2D eigenvalue weighted by atomic mass is 16.2. The first-order valence-electron chi connectivity index (χ1n) is 11.7. The molecule has 7 heteroatoms. The molecular weight excluding hydrogens is 442 g/mol. The van der Waals surface area contributed by atoms with E-state index in [1.807, 2.05) is 48.5 Å². The first-order valence-corrected chi connectivity index (χ1v) is 11.7. The van der Waals surface area contributed by atoms with Gasteiger partial charge in [0.2, 0.25) is 0 Å². The van der Waals surface area contributed by atoms with Crippen molar-refractivity contribution in [3.8, 4) is 0 Å². The number of benzene rings is 3. The van der Waals surface area contributed by atoms with E-state index in [4.69, 9.17) is 0 Å². The Kier molecular flexibility index (Phi) is 6.14. The predicted octanol–water partition coefficient (Wildman–Crippen LogP) is 3.52. The number of fused-ring (bicyclic) bond motifs is 1. The number of amides is 4. The molecule has 0 radical (unpaired) electrons. The molecule has 0 bridgehead atoms. The summed E-state index contributed by atoms with van der Waals surface area (Å²) in [4.78, 5) is 54.3. The Balaban J connectivity index is 1.22. The third kappa shape index (κ3) is 4.57. The van der Waals surface area contributed by atoms with Gasteiger partial charge in [0.1, 0.15) is 0 Å². The smallest absolute Gasteiger partial charge is 0.261 e. The number of imide groups is 1. The van der Waals surface area contributed by atoms with Crippen LogP contribution in [0.1, 0.15) is 59.8 Å². The molecule has 2 aliphatic rings. The average Bonchev–Trinajstić information content (AvgIpc) is 3.14. The van der Waals surface area contributed by atoms with E-state index in [1.165, 1.54) is 11.0 Å². The first kappa shape index (κ1) is 22.5. The SMILES string of the molecule is O=C(NC1CCN(C(=O)c2ccc3c(c2)C(=O)N(Cc2ccccc2)C3=O)CC1)c1ccccc1. The summed E-state index contributed by atoms with van der Waals surface area (Å²) in [6.45, 7) is 1.20. The van der Waals surface area contributed by atoms with E-state index in [1.54, 1.807) is 29.2 Å². The summed E-state index contributed by atoms with van der Waals surface area (Å²) in [5.41, 5.74) is 2.45. The number of nitrogens with zero attached hydrogens (tertiary/aromatic N) is 2. The lowest BCUT2D eigenvalue weighted by atomic mass is 10.0. The van der Waals surface area contributed by atoms with Crippen LogP contribution in [0.3, 0.4) is 0 Å². The summed E-state index contributed by atoms with van der Waals surface area (Å²) >= 11 is 0. The third-order valence-electron chi connectivity index (χ3n) is 6.55. The summed E-state index contributed by atoms with van der Waals surface area (Å²) in [7, 11) is 0. The summed E-state index contributed by atoms with van der Waals surface area (Å²) in [6, 6.07) is 23.1. The van der Waals surface area contributed by atoms with Crippen molar-refractivity contribution in [1.29, 1.82) is 0 Å². The molecule has 7 nitrogen and oxygen atoms in total. The highest BCUT2D eigenvalue weighted by Gasteiger charge is 2.36.